The van der Waals surface area contributed by atoms with Crippen LogP contribution in [-0.4, -0.2) is 75.9 Å². The second kappa shape index (κ2) is 14.3. The largest absolute Gasteiger partial charge is 0.481 e. The van der Waals surface area contributed by atoms with E-state index in [0.29, 0.717) is 12.8 Å². The van der Waals surface area contributed by atoms with Crippen LogP contribution in [0.25, 0.3) is 0 Å². The van der Waals surface area contributed by atoms with Crippen molar-refractivity contribution in [3.05, 3.63) is 35.9 Å². The Morgan fingerprint density at radius 3 is 2.21 bits per heavy atom. The van der Waals surface area contributed by atoms with E-state index in [4.69, 9.17) is 9.84 Å². The van der Waals surface area contributed by atoms with Gasteiger partial charge in [0.05, 0.1) is 0 Å². The third-order valence-electron chi connectivity index (χ3n) is 4.70. The molecular formula is C21H29N3O9. The Morgan fingerprint density at radius 2 is 1.64 bits per heavy atom. The minimum absolute atomic E-state index is 0.0442. The number of hydrogen-bond donors (Lipinski definition) is 5. The predicted molar refractivity (Wildman–Crippen MR) is 114 cm³/mol. The summed E-state index contributed by atoms with van der Waals surface area (Å²) in [5.41, 5.74) is 0.839. The molecule has 12 heteroatoms. The first kappa shape index (κ1) is 27.2. The van der Waals surface area contributed by atoms with Gasteiger partial charge in [0, 0.05) is 20.0 Å². The molecule has 2 atom stereocenters. The molecule has 0 aliphatic heterocycles. The van der Waals surface area contributed by atoms with E-state index in [1.54, 1.807) is 0 Å². The quantitative estimate of drug-likeness (QED) is 0.253. The van der Waals surface area contributed by atoms with E-state index in [1.165, 1.54) is 0 Å². The van der Waals surface area contributed by atoms with E-state index in [-0.39, 0.29) is 26.0 Å². The molecule has 33 heavy (non-hydrogen) atoms. The molecule has 0 fully saturated rings. The van der Waals surface area contributed by atoms with E-state index in [9.17, 15) is 34.2 Å². The van der Waals surface area contributed by atoms with Crippen molar-refractivity contribution < 1.29 is 44.0 Å². The van der Waals surface area contributed by atoms with Crippen molar-refractivity contribution in [2.45, 2.75) is 50.8 Å². The second-order valence-electron chi connectivity index (χ2n) is 7.22. The molecule has 0 saturated heterocycles. The molecular weight excluding hydrogens is 438 g/mol. The number of hydrogen-bond acceptors (Lipinski definition) is 6. The lowest BCUT2D eigenvalue weighted by Crippen LogP contribution is -2.52. The Kier molecular flexibility index (Phi) is 11.8. The van der Waals surface area contributed by atoms with E-state index in [0.717, 1.165) is 17.5 Å². The zero-order chi connectivity index (χ0) is 24.8. The highest BCUT2D eigenvalue weighted by Gasteiger charge is 2.29. The molecule has 0 spiro atoms. The fourth-order valence-electron chi connectivity index (χ4n) is 2.83. The Balaban J connectivity index is 2.39. The first-order valence-corrected chi connectivity index (χ1v) is 10.3. The van der Waals surface area contributed by atoms with Crippen molar-refractivity contribution in [2.75, 3.05) is 13.6 Å². The monoisotopic (exact) mass is 467 g/mol. The molecule has 1 aromatic rings. The lowest BCUT2D eigenvalue weighted by atomic mass is 10.1. The summed E-state index contributed by atoms with van der Waals surface area (Å²) in [6, 6.07) is 5.49. The summed E-state index contributed by atoms with van der Waals surface area (Å²) in [5.74, 6) is -3.91. The number of urea groups is 1. The maximum atomic E-state index is 12.3. The van der Waals surface area contributed by atoms with Crippen LogP contribution >= 0.6 is 0 Å². The number of amides is 3. The topological polar surface area (TPSA) is 183 Å². The van der Waals surface area contributed by atoms with Crippen LogP contribution in [0.2, 0.25) is 0 Å². The third-order valence-corrected chi connectivity index (χ3v) is 4.70. The highest BCUT2D eigenvalue weighted by molar-refractivity contribution is 5.86. The predicted octanol–water partition coefficient (Wildman–Crippen LogP) is 1.50. The van der Waals surface area contributed by atoms with Crippen molar-refractivity contribution in [3.8, 4) is 0 Å². The summed E-state index contributed by atoms with van der Waals surface area (Å²) in [5, 5.41) is 32.1. The molecule has 0 bridgehead atoms. The summed E-state index contributed by atoms with van der Waals surface area (Å²) in [6.07, 6.45) is -0.573. The van der Waals surface area contributed by atoms with Gasteiger partial charge < -0.3 is 35.6 Å². The van der Waals surface area contributed by atoms with Crippen LogP contribution in [0.5, 0.6) is 0 Å². The number of carbonyl (C=O) groups is 5. The number of ether oxygens (including phenoxy) is 1. The number of nitrogens with zero attached hydrogens (tertiary/aromatic N) is 1. The minimum Gasteiger partial charge on any atom is -0.481 e. The summed E-state index contributed by atoms with van der Waals surface area (Å²) < 4.78 is 5.06. The summed E-state index contributed by atoms with van der Waals surface area (Å²) >= 11 is 0. The SMILES string of the molecule is CN(C(=O)N[C@@H](CCCCNC(=O)OCc1ccccc1)C(=O)O)[C@@H](CCC(=O)O)C(=O)O. The van der Waals surface area contributed by atoms with Crippen LogP contribution in [0.3, 0.4) is 0 Å². The second-order valence-corrected chi connectivity index (χ2v) is 7.22. The maximum absolute atomic E-state index is 12.3. The standard InChI is InChI=1S/C21H29N3O9/c1-24(16(19(29)30)10-11-17(25)26)20(31)23-15(18(27)28)9-5-6-12-22-21(32)33-13-14-7-3-2-4-8-14/h2-4,7-8,15-16H,5-6,9-13H2,1H3,(H,22,32)(H,23,31)(H,25,26)(H,27,28)(H,29,30)/t15-,16-/m0/s1. The molecule has 0 saturated carbocycles. The van der Waals surface area contributed by atoms with Gasteiger partial charge in [0.1, 0.15) is 18.7 Å². The van der Waals surface area contributed by atoms with Gasteiger partial charge in [0.2, 0.25) is 0 Å². The number of nitrogens with one attached hydrogen (secondary N) is 2. The van der Waals surface area contributed by atoms with Crippen molar-refractivity contribution in [1.29, 1.82) is 0 Å². The lowest BCUT2D eigenvalue weighted by Gasteiger charge is -2.26. The number of rotatable bonds is 14. The number of alkyl carbamates (subject to hydrolysis) is 1. The number of unbranched alkanes of at least 4 members (excludes halogenated alkanes) is 1. The third kappa shape index (κ3) is 10.8. The summed E-state index contributed by atoms with van der Waals surface area (Å²) in [6.45, 7) is 0.362. The molecule has 0 radical (unpaired) electrons. The van der Waals surface area contributed by atoms with Gasteiger partial charge in [-0.05, 0) is 31.2 Å². The molecule has 0 aliphatic carbocycles. The fourth-order valence-corrected chi connectivity index (χ4v) is 2.83. The van der Waals surface area contributed by atoms with Crippen molar-refractivity contribution in [1.82, 2.24) is 15.5 Å². The Bertz CT molecular complexity index is 816. The number of carboxylic acids is 3. The maximum Gasteiger partial charge on any atom is 0.407 e. The first-order valence-electron chi connectivity index (χ1n) is 10.3. The van der Waals surface area contributed by atoms with Crippen molar-refractivity contribution >= 4 is 30.0 Å². The lowest BCUT2D eigenvalue weighted by molar-refractivity contribution is -0.143. The minimum atomic E-state index is -1.42. The summed E-state index contributed by atoms with van der Waals surface area (Å²) in [7, 11) is 1.15. The molecule has 1 rings (SSSR count). The zero-order valence-corrected chi connectivity index (χ0v) is 18.2. The van der Waals surface area contributed by atoms with Crippen molar-refractivity contribution in [3.63, 3.8) is 0 Å². The van der Waals surface area contributed by atoms with E-state index >= 15 is 0 Å². The normalized spacial score (nSPS) is 12.2. The summed E-state index contributed by atoms with van der Waals surface area (Å²) in [4.78, 5) is 58.2. The van der Waals surface area contributed by atoms with Crippen LogP contribution in [0.4, 0.5) is 9.59 Å². The van der Waals surface area contributed by atoms with Gasteiger partial charge in [-0.3, -0.25) is 4.79 Å². The molecule has 1 aromatic carbocycles. The molecule has 12 nitrogen and oxygen atoms in total. The number of carboxylic acid groups (broad SMARTS) is 3. The molecule has 3 amide bonds. The van der Waals surface area contributed by atoms with Crippen LogP contribution in [-0.2, 0) is 25.7 Å². The van der Waals surface area contributed by atoms with Crippen LogP contribution in [0.1, 0.15) is 37.7 Å². The average molecular weight is 467 g/mol. The number of carbonyl (C=O) groups excluding carboxylic acids is 2. The van der Waals surface area contributed by atoms with E-state index in [2.05, 4.69) is 10.6 Å². The van der Waals surface area contributed by atoms with Crippen LogP contribution < -0.4 is 10.6 Å². The molecule has 0 unspecified atom stereocenters. The molecule has 182 valence electrons. The number of benzene rings is 1. The molecule has 0 heterocycles. The van der Waals surface area contributed by atoms with Gasteiger partial charge >= 0.3 is 30.0 Å². The first-order chi connectivity index (χ1) is 15.6. The molecule has 0 aliphatic rings. The highest BCUT2D eigenvalue weighted by atomic mass is 16.5. The van der Waals surface area contributed by atoms with Crippen LogP contribution in [0, 0.1) is 0 Å². The van der Waals surface area contributed by atoms with E-state index < -0.39 is 48.5 Å². The Hall–Kier alpha value is -3.83. The molecule has 5 N–H and O–H groups in total. The highest BCUT2D eigenvalue weighted by Crippen LogP contribution is 2.08. The smallest absolute Gasteiger partial charge is 0.407 e. The van der Waals surface area contributed by atoms with Gasteiger partial charge in [-0.1, -0.05) is 30.3 Å². The average Bonchev–Trinajstić information content (AvgIpc) is 2.76. The van der Waals surface area contributed by atoms with Gasteiger partial charge in [-0.25, -0.2) is 19.2 Å². The zero-order valence-electron chi connectivity index (χ0n) is 18.2. The Labute approximate surface area is 190 Å². The number of aliphatic carboxylic acids is 3. The van der Waals surface area contributed by atoms with Gasteiger partial charge in [-0.2, -0.15) is 0 Å². The van der Waals surface area contributed by atoms with Crippen LogP contribution in [0.15, 0.2) is 30.3 Å². The Morgan fingerprint density at radius 1 is 0.970 bits per heavy atom. The van der Waals surface area contributed by atoms with Crippen molar-refractivity contribution in [2.24, 2.45) is 0 Å². The molecule has 0 aromatic heterocycles. The van der Waals surface area contributed by atoms with Gasteiger partial charge in [0.15, 0.2) is 0 Å². The van der Waals surface area contributed by atoms with Gasteiger partial charge in [-0.15, -0.1) is 0 Å². The van der Waals surface area contributed by atoms with Gasteiger partial charge in [0.25, 0.3) is 0 Å². The number of likely N-dealkylation sites (N-methyl/N-ethyl adjacent to an activating group) is 1. The fraction of sp³-hybridized carbons (Fsp3) is 0.476. The van der Waals surface area contributed by atoms with E-state index in [1.807, 2.05) is 30.3 Å².